The van der Waals surface area contributed by atoms with Gasteiger partial charge in [-0.25, -0.2) is 0 Å². The molecule has 22 heavy (non-hydrogen) atoms. The number of halogens is 3. The van der Waals surface area contributed by atoms with Crippen molar-refractivity contribution in [3.8, 4) is 0 Å². The SMILES string of the molecule is Cc1cc(C(=O)Nc2n[nH]c3ccc(C(F)(F)F)cc23)no1. The number of aromatic nitrogens is 3. The van der Waals surface area contributed by atoms with E-state index in [1.807, 2.05) is 0 Å². The molecule has 0 spiro atoms. The monoisotopic (exact) mass is 310 g/mol. The van der Waals surface area contributed by atoms with Gasteiger partial charge >= 0.3 is 6.18 Å². The lowest BCUT2D eigenvalue weighted by atomic mass is 10.1. The number of H-pyrrole nitrogens is 1. The molecular weight excluding hydrogens is 301 g/mol. The highest BCUT2D eigenvalue weighted by molar-refractivity contribution is 6.06. The average molecular weight is 310 g/mol. The number of aromatic amines is 1. The summed E-state index contributed by atoms with van der Waals surface area (Å²) in [5, 5.41) is 12.4. The minimum Gasteiger partial charge on any atom is -0.361 e. The second kappa shape index (κ2) is 4.86. The Morgan fingerprint density at radius 3 is 2.73 bits per heavy atom. The van der Waals surface area contributed by atoms with Gasteiger partial charge in [-0.05, 0) is 25.1 Å². The van der Waals surface area contributed by atoms with Gasteiger partial charge in [-0.3, -0.25) is 9.89 Å². The fourth-order valence-corrected chi connectivity index (χ4v) is 1.93. The molecule has 0 aliphatic rings. The van der Waals surface area contributed by atoms with Crippen molar-refractivity contribution >= 4 is 22.6 Å². The number of hydrogen-bond acceptors (Lipinski definition) is 4. The van der Waals surface area contributed by atoms with Crippen LogP contribution in [-0.4, -0.2) is 21.3 Å². The Balaban J connectivity index is 1.95. The molecule has 0 aliphatic carbocycles. The molecular formula is C13H9F3N4O2. The van der Waals surface area contributed by atoms with Crippen molar-refractivity contribution in [2.24, 2.45) is 0 Å². The number of hydrogen-bond donors (Lipinski definition) is 2. The van der Waals surface area contributed by atoms with Crippen LogP contribution in [0.2, 0.25) is 0 Å². The van der Waals surface area contributed by atoms with Gasteiger partial charge in [0.1, 0.15) is 5.76 Å². The van der Waals surface area contributed by atoms with Crippen molar-refractivity contribution in [3.63, 3.8) is 0 Å². The maximum absolute atomic E-state index is 12.7. The van der Waals surface area contributed by atoms with Crippen LogP contribution in [0.3, 0.4) is 0 Å². The molecule has 1 aromatic carbocycles. The molecule has 114 valence electrons. The van der Waals surface area contributed by atoms with Crippen molar-refractivity contribution in [2.75, 3.05) is 5.32 Å². The highest BCUT2D eigenvalue weighted by atomic mass is 19.4. The van der Waals surface area contributed by atoms with Crippen LogP contribution in [-0.2, 0) is 6.18 Å². The Morgan fingerprint density at radius 1 is 1.32 bits per heavy atom. The van der Waals surface area contributed by atoms with Crippen molar-refractivity contribution < 1.29 is 22.5 Å². The molecule has 0 saturated carbocycles. The third kappa shape index (κ3) is 2.52. The number of benzene rings is 1. The maximum Gasteiger partial charge on any atom is 0.416 e. The van der Waals surface area contributed by atoms with Gasteiger partial charge in [-0.15, -0.1) is 0 Å². The van der Waals surface area contributed by atoms with Crippen LogP contribution in [0.4, 0.5) is 19.0 Å². The molecule has 9 heteroatoms. The fourth-order valence-electron chi connectivity index (χ4n) is 1.93. The number of alkyl halides is 3. The Labute approximate surface area is 121 Å². The van der Waals surface area contributed by atoms with E-state index in [9.17, 15) is 18.0 Å². The number of amides is 1. The standard InChI is InChI=1S/C13H9F3N4O2/c1-6-4-10(20-22-6)12(21)17-11-8-5-7(13(14,15)16)2-3-9(8)18-19-11/h2-5H,1H3,(H2,17,18,19,21). The number of carbonyl (C=O) groups excluding carboxylic acids is 1. The zero-order valence-corrected chi connectivity index (χ0v) is 11.2. The number of anilines is 1. The first-order valence-corrected chi connectivity index (χ1v) is 6.14. The molecule has 3 rings (SSSR count). The summed E-state index contributed by atoms with van der Waals surface area (Å²) in [6.07, 6.45) is -4.48. The fraction of sp³-hybridized carbons (Fsp3) is 0.154. The van der Waals surface area contributed by atoms with Crippen LogP contribution in [0.1, 0.15) is 21.8 Å². The maximum atomic E-state index is 12.7. The lowest BCUT2D eigenvalue weighted by Crippen LogP contribution is -2.12. The second-order valence-electron chi connectivity index (χ2n) is 4.61. The summed E-state index contributed by atoms with van der Waals surface area (Å²) in [5.74, 6) is -0.189. The molecule has 1 amide bonds. The van der Waals surface area contributed by atoms with Crippen LogP contribution in [0.5, 0.6) is 0 Å². The van der Waals surface area contributed by atoms with Crippen LogP contribution >= 0.6 is 0 Å². The Morgan fingerprint density at radius 2 is 2.09 bits per heavy atom. The van der Waals surface area contributed by atoms with E-state index in [-0.39, 0.29) is 16.9 Å². The molecule has 0 aliphatic heterocycles. The van der Waals surface area contributed by atoms with Crippen LogP contribution in [0, 0.1) is 6.92 Å². The zero-order valence-electron chi connectivity index (χ0n) is 11.2. The predicted octanol–water partition coefficient (Wildman–Crippen LogP) is 3.13. The largest absolute Gasteiger partial charge is 0.416 e. The van der Waals surface area contributed by atoms with Crippen molar-refractivity contribution in [1.29, 1.82) is 0 Å². The number of carbonyl (C=O) groups is 1. The van der Waals surface area contributed by atoms with Crippen molar-refractivity contribution in [1.82, 2.24) is 15.4 Å². The van der Waals surface area contributed by atoms with Gasteiger partial charge in [0.2, 0.25) is 0 Å². The number of nitrogens with one attached hydrogen (secondary N) is 2. The molecule has 2 N–H and O–H groups in total. The van der Waals surface area contributed by atoms with Crippen molar-refractivity contribution in [3.05, 3.63) is 41.3 Å². The third-order valence-electron chi connectivity index (χ3n) is 2.98. The molecule has 0 atom stereocenters. The summed E-state index contributed by atoms with van der Waals surface area (Å²) >= 11 is 0. The minimum atomic E-state index is -4.48. The van der Waals surface area contributed by atoms with Gasteiger partial charge in [0, 0.05) is 11.5 Å². The lowest BCUT2D eigenvalue weighted by Gasteiger charge is -2.06. The topological polar surface area (TPSA) is 83.8 Å². The third-order valence-corrected chi connectivity index (χ3v) is 2.98. The first-order chi connectivity index (χ1) is 10.3. The summed E-state index contributed by atoms with van der Waals surface area (Å²) in [7, 11) is 0. The molecule has 3 aromatic rings. The molecule has 0 radical (unpaired) electrons. The average Bonchev–Trinajstić information content (AvgIpc) is 3.04. The summed E-state index contributed by atoms with van der Waals surface area (Å²) in [5.41, 5.74) is -0.436. The van der Waals surface area contributed by atoms with E-state index in [2.05, 4.69) is 20.7 Å². The lowest BCUT2D eigenvalue weighted by molar-refractivity contribution is -0.137. The molecule has 6 nitrogen and oxygen atoms in total. The number of fused-ring (bicyclic) bond motifs is 1. The van der Waals surface area contributed by atoms with Gasteiger partial charge in [0.25, 0.3) is 5.91 Å². The zero-order chi connectivity index (χ0) is 15.9. The highest BCUT2D eigenvalue weighted by Crippen LogP contribution is 2.32. The quantitative estimate of drug-likeness (QED) is 0.761. The summed E-state index contributed by atoms with van der Waals surface area (Å²) in [4.78, 5) is 11.9. The predicted molar refractivity (Wildman–Crippen MR) is 70.3 cm³/mol. The van der Waals surface area contributed by atoms with Crippen LogP contribution in [0.15, 0.2) is 28.8 Å². The van der Waals surface area contributed by atoms with E-state index in [1.165, 1.54) is 12.1 Å². The molecule has 2 heterocycles. The van der Waals surface area contributed by atoms with E-state index in [4.69, 9.17) is 4.52 Å². The van der Waals surface area contributed by atoms with Gasteiger partial charge in [0.15, 0.2) is 11.5 Å². The summed E-state index contributed by atoms with van der Waals surface area (Å²) in [6, 6.07) is 4.52. The molecule has 2 aromatic heterocycles. The van der Waals surface area contributed by atoms with E-state index < -0.39 is 17.6 Å². The van der Waals surface area contributed by atoms with Gasteiger partial charge in [-0.1, -0.05) is 5.16 Å². The highest BCUT2D eigenvalue weighted by Gasteiger charge is 2.31. The molecule has 0 bridgehead atoms. The molecule has 0 saturated heterocycles. The first kappa shape index (κ1) is 14.1. The Hall–Kier alpha value is -2.84. The Kier molecular flexibility index (Phi) is 3.12. The van der Waals surface area contributed by atoms with Gasteiger partial charge < -0.3 is 9.84 Å². The second-order valence-corrected chi connectivity index (χ2v) is 4.61. The normalized spacial score (nSPS) is 11.8. The van der Waals surface area contributed by atoms with Gasteiger partial charge in [0.05, 0.1) is 11.1 Å². The molecule has 0 unspecified atom stereocenters. The minimum absolute atomic E-state index is 0.00764. The van der Waals surface area contributed by atoms with E-state index in [1.54, 1.807) is 6.92 Å². The van der Waals surface area contributed by atoms with E-state index in [0.29, 0.717) is 11.3 Å². The summed E-state index contributed by atoms with van der Waals surface area (Å²) < 4.78 is 43.0. The Bertz CT molecular complexity index is 850. The smallest absolute Gasteiger partial charge is 0.361 e. The van der Waals surface area contributed by atoms with Crippen LogP contribution in [0.25, 0.3) is 10.9 Å². The first-order valence-electron chi connectivity index (χ1n) is 6.14. The summed E-state index contributed by atoms with van der Waals surface area (Å²) in [6.45, 7) is 1.61. The number of nitrogens with zero attached hydrogens (tertiary/aromatic N) is 2. The van der Waals surface area contributed by atoms with E-state index >= 15 is 0 Å². The molecule has 0 fully saturated rings. The number of rotatable bonds is 2. The van der Waals surface area contributed by atoms with E-state index in [0.717, 1.165) is 12.1 Å². The van der Waals surface area contributed by atoms with Gasteiger partial charge in [-0.2, -0.15) is 18.3 Å². The van der Waals surface area contributed by atoms with Crippen molar-refractivity contribution in [2.45, 2.75) is 13.1 Å². The van der Waals surface area contributed by atoms with Crippen LogP contribution < -0.4 is 5.32 Å². The number of aryl methyl sites for hydroxylation is 1.